The Bertz CT molecular complexity index is 77.1. The minimum atomic E-state index is -1.75. The summed E-state index contributed by atoms with van der Waals surface area (Å²) < 4.78 is 0. The van der Waals surface area contributed by atoms with Crippen molar-refractivity contribution in [2.24, 2.45) is 35.1 Å². The zero-order chi connectivity index (χ0) is 13.2. The molecule has 0 atom stereocenters. The van der Waals surface area contributed by atoms with Gasteiger partial charge in [-0.3, -0.25) is 35.1 Å². The van der Waals surface area contributed by atoms with E-state index >= 15 is 0 Å². The fourth-order valence-electron chi connectivity index (χ4n) is 0. The molecule has 14 nitrogen and oxygen atoms in total. The van der Waals surface area contributed by atoms with Crippen LogP contribution in [0.1, 0.15) is 0 Å². The summed E-state index contributed by atoms with van der Waals surface area (Å²) in [6.07, 6.45) is 0. The Morgan fingerprint density at radius 1 is 0.600 bits per heavy atom. The molecule has 0 saturated heterocycles. The molecular weight excluding hydrogens is 273 g/mol. The topological polar surface area (TPSA) is 289 Å². The van der Waals surface area contributed by atoms with E-state index in [9.17, 15) is 0 Å². The molecule has 0 saturated carbocycles. The van der Waals surface area contributed by atoms with Gasteiger partial charge in [0.15, 0.2) is 0 Å². The Balaban J connectivity index is -0.0000000175. The SMILES string of the molecule is NN.NN.NN.O=[N+]([O-])[O-].O=[N+]([O-])[O-].[Zn+2]. The Morgan fingerprint density at radius 2 is 0.600 bits per heavy atom. The molecule has 0 fully saturated rings. The van der Waals surface area contributed by atoms with Gasteiger partial charge in [0.05, 0.1) is 10.2 Å². The van der Waals surface area contributed by atoms with Crippen molar-refractivity contribution in [3.63, 3.8) is 0 Å². The first-order chi connectivity index (χ1) is 6.46. The van der Waals surface area contributed by atoms with Crippen LogP contribution in [0.2, 0.25) is 0 Å². The molecule has 0 radical (unpaired) electrons. The summed E-state index contributed by atoms with van der Waals surface area (Å²) in [6.45, 7) is 0. The van der Waals surface area contributed by atoms with Gasteiger partial charge in [0.1, 0.15) is 0 Å². The molecule has 0 aliphatic rings. The average Bonchev–Trinajstić information content (AvgIpc) is 2.12. The van der Waals surface area contributed by atoms with Crippen LogP contribution in [0, 0.1) is 30.6 Å². The van der Waals surface area contributed by atoms with Crippen molar-refractivity contribution in [1.29, 1.82) is 0 Å². The molecule has 0 aromatic carbocycles. The Morgan fingerprint density at radius 3 is 0.600 bits per heavy atom. The molecule has 0 aromatic rings. The van der Waals surface area contributed by atoms with Gasteiger partial charge in [-0.25, -0.2) is 0 Å². The summed E-state index contributed by atoms with van der Waals surface area (Å²) >= 11 is 0. The molecule has 0 amide bonds. The predicted molar refractivity (Wildman–Crippen MR) is 45.8 cm³/mol. The molecular formula is H12N8O6Zn. The quantitative estimate of drug-likeness (QED) is 0.107. The predicted octanol–water partition coefficient (Wildman–Crippen LogP) is -4.02. The molecule has 0 spiro atoms. The third-order valence-electron chi connectivity index (χ3n) is 0. The van der Waals surface area contributed by atoms with E-state index in [2.05, 4.69) is 35.1 Å². The maximum Gasteiger partial charge on any atom is 2.00 e. The summed E-state index contributed by atoms with van der Waals surface area (Å²) in [5, 5.41) is 29.5. The first-order valence-corrected chi connectivity index (χ1v) is 2.10. The monoisotopic (exact) mass is 284 g/mol. The minimum absolute atomic E-state index is 0. The number of rotatable bonds is 0. The minimum Gasteiger partial charge on any atom is -0.356 e. The molecule has 0 bridgehead atoms. The van der Waals surface area contributed by atoms with Gasteiger partial charge < -0.3 is 30.6 Å². The second kappa shape index (κ2) is 77.6. The molecule has 90 valence electrons. The normalized spacial score (nSPS) is 4.40. The van der Waals surface area contributed by atoms with Crippen LogP contribution in [0.5, 0.6) is 0 Å². The van der Waals surface area contributed by atoms with Gasteiger partial charge in [-0.2, -0.15) is 0 Å². The van der Waals surface area contributed by atoms with Crippen molar-refractivity contribution >= 4 is 0 Å². The van der Waals surface area contributed by atoms with Crippen LogP contribution in [-0.2, 0) is 19.5 Å². The average molecular weight is 286 g/mol. The van der Waals surface area contributed by atoms with Gasteiger partial charge in [-0.05, 0) is 0 Å². The largest absolute Gasteiger partial charge is 2.00 e. The molecule has 15 heteroatoms. The van der Waals surface area contributed by atoms with Crippen LogP contribution in [0.3, 0.4) is 0 Å². The van der Waals surface area contributed by atoms with Crippen molar-refractivity contribution in [1.82, 2.24) is 0 Å². The Hall–Kier alpha value is -1.22. The van der Waals surface area contributed by atoms with Gasteiger partial charge in [0, 0.05) is 0 Å². The maximum absolute atomic E-state index is 8.25. The summed E-state index contributed by atoms with van der Waals surface area (Å²) in [7, 11) is 0. The summed E-state index contributed by atoms with van der Waals surface area (Å²) in [5.74, 6) is 24.0. The van der Waals surface area contributed by atoms with Crippen molar-refractivity contribution < 1.29 is 29.7 Å². The van der Waals surface area contributed by atoms with E-state index in [-0.39, 0.29) is 19.5 Å². The van der Waals surface area contributed by atoms with E-state index in [1.807, 2.05) is 0 Å². The van der Waals surface area contributed by atoms with Gasteiger partial charge in [-0.1, -0.05) is 0 Å². The van der Waals surface area contributed by atoms with Crippen LogP contribution in [0.25, 0.3) is 0 Å². The van der Waals surface area contributed by atoms with Gasteiger partial charge >= 0.3 is 19.5 Å². The second-order valence-corrected chi connectivity index (χ2v) is 0.447. The van der Waals surface area contributed by atoms with Crippen LogP contribution >= 0.6 is 0 Å². The van der Waals surface area contributed by atoms with Crippen LogP contribution in [-0.4, -0.2) is 10.2 Å². The number of hydrogen-bond acceptors (Lipinski definition) is 12. The van der Waals surface area contributed by atoms with Crippen molar-refractivity contribution in [2.45, 2.75) is 0 Å². The number of hydrogen-bond donors (Lipinski definition) is 6. The van der Waals surface area contributed by atoms with Crippen molar-refractivity contribution in [3.8, 4) is 0 Å². The molecule has 15 heavy (non-hydrogen) atoms. The molecule has 0 aliphatic heterocycles. The molecule has 0 unspecified atom stereocenters. The zero-order valence-electron chi connectivity index (χ0n) is 7.52. The number of hydrazine groups is 3. The smallest absolute Gasteiger partial charge is 0.356 e. The molecule has 0 rings (SSSR count). The molecule has 0 aliphatic carbocycles. The summed E-state index contributed by atoms with van der Waals surface area (Å²) in [5.41, 5.74) is 0. The van der Waals surface area contributed by atoms with E-state index in [4.69, 9.17) is 30.6 Å². The van der Waals surface area contributed by atoms with E-state index in [0.29, 0.717) is 0 Å². The van der Waals surface area contributed by atoms with Gasteiger partial charge in [-0.15, -0.1) is 0 Å². The molecule has 0 heterocycles. The Kier molecular flexibility index (Phi) is 192. The van der Waals surface area contributed by atoms with Crippen molar-refractivity contribution in [3.05, 3.63) is 30.6 Å². The Labute approximate surface area is 96.0 Å². The third kappa shape index (κ3) is 1000. The standard InChI is InChI=1S/3H4N2.2NO3.Zn/c3*1-2;2*2-1(3)4;/h3*1-2H2;;;/q;;;2*-1;+2. The first kappa shape index (κ1) is 37.2. The van der Waals surface area contributed by atoms with Crippen LogP contribution < -0.4 is 35.1 Å². The third-order valence-corrected chi connectivity index (χ3v) is 0. The number of nitrogens with two attached hydrogens (primary N) is 6. The van der Waals surface area contributed by atoms with Crippen molar-refractivity contribution in [2.75, 3.05) is 0 Å². The van der Waals surface area contributed by atoms with Gasteiger partial charge in [0.2, 0.25) is 0 Å². The van der Waals surface area contributed by atoms with Gasteiger partial charge in [0.25, 0.3) is 0 Å². The van der Waals surface area contributed by atoms with E-state index in [1.165, 1.54) is 0 Å². The fourth-order valence-corrected chi connectivity index (χ4v) is 0. The first-order valence-electron chi connectivity index (χ1n) is 2.10. The van der Waals surface area contributed by atoms with E-state index < -0.39 is 10.2 Å². The number of nitrogens with zero attached hydrogens (tertiary/aromatic N) is 2. The van der Waals surface area contributed by atoms with E-state index in [0.717, 1.165) is 0 Å². The molecule has 12 N–H and O–H groups in total. The summed E-state index contributed by atoms with van der Waals surface area (Å²) in [6, 6.07) is 0. The molecule has 0 aromatic heterocycles. The van der Waals surface area contributed by atoms with Crippen LogP contribution in [0.4, 0.5) is 0 Å². The zero-order valence-corrected chi connectivity index (χ0v) is 10.5. The van der Waals surface area contributed by atoms with E-state index in [1.54, 1.807) is 0 Å². The maximum atomic E-state index is 8.25. The fraction of sp³-hybridized carbons (Fsp3) is 0. The van der Waals surface area contributed by atoms with Crippen LogP contribution in [0.15, 0.2) is 0 Å². The second-order valence-electron chi connectivity index (χ2n) is 0.447. The summed E-state index contributed by atoms with van der Waals surface area (Å²) in [4.78, 5) is 16.5.